The first-order chi connectivity index (χ1) is 9.96. The second kappa shape index (κ2) is 6.75. The molecule has 6 heteroatoms. The molecule has 0 radical (unpaired) electrons. The van der Waals surface area contributed by atoms with Gasteiger partial charge in [0.25, 0.3) is 0 Å². The van der Waals surface area contributed by atoms with E-state index in [1.807, 2.05) is 4.90 Å². The fourth-order valence-electron chi connectivity index (χ4n) is 3.47. The van der Waals surface area contributed by atoms with Crippen LogP contribution >= 0.6 is 0 Å². The Morgan fingerprint density at radius 3 is 2.43 bits per heavy atom. The molecule has 2 amide bonds. The summed E-state index contributed by atoms with van der Waals surface area (Å²) in [6, 6.07) is 0. The smallest absolute Gasteiger partial charge is 0.248 e. The molecule has 6 nitrogen and oxygen atoms in total. The van der Waals surface area contributed by atoms with Crippen LogP contribution < -0.4 is 5.73 Å². The molecule has 2 fully saturated rings. The van der Waals surface area contributed by atoms with Crippen molar-refractivity contribution in [2.75, 3.05) is 39.9 Å². The zero-order valence-electron chi connectivity index (χ0n) is 13.1. The van der Waals surface area contributed by atoms with Crippen LogP contribution in [0.15, 0.2) is 0 Å². The number of ether oxygens (including phenoxy) is 1. The van der Waals surface area contributed by atoms with Gasteiger partial charge in [-0.05, 0) is 18.8 Å². The molecular weight excluding hydrogens is 270 g/mol. The average molecular weight is 297 g/mol. The summed E-state index contributed by atoms with van der Waals surface area (Å²) in [5, 5.41) is 0. The molecule has 0 aromatic rings. The number of hydrogen-bond donors (Lipinski definition) is 1. The largest absolute Gasteiger partial charge is 0.375 e. The van der Waals surface area contributed by atoms with Crippen molar-refractivity contribution < 1.29 is 14.3 Å². The molecule has 2 N–H and O–H groups in total. The number of piperazine rings is 1. The highest BCUT2D eigenvalue weighted by Crippen LogP contribution is 2.32. The number of amides is 2. The lowest BCUT2D eigenvalue weighted by Gasteiger charge is -2.42. The van der Waals surface area contributed by atoms with Gasteiger partial charge in [-0.2, -0.15) is 0 Å². The quantitative estimate of drug-likeness (QED) is 0.808. The van der Waals surface area contributed by atoms with Crippen LogP contribution in [-0.4, -0.2) is 67.0 Å². The number of nitrogens with zero attached hydrogens (tertiary/aromatic N) is 2. The Balaban J connectivity index is 1.89. The maximum Gasteiger partial charge on any atom is 0.248 e. The number of hydrogen-bond acceptors (Lipinski definition) is 4. The molecule has 0 aromatic heterocycles. The van der Waals surface area contributed by atoms with Gasteiger partial charge in [-0.1, -0.05) is 19.8 Å². The highest BCUT2D eigenvalue weighted by molar-refractivity contribution is 5.86. The molecule has 0 bridgehead atoms. The average Bonchev–Trinajstić information content (AvgIpc) is 2.46. The first-order valence-corrected chi connectivity index (χ1v) is 7.81. The molecule has 1 saturated heterocycles. The molecule has 2 aliphatic rings. The minimum Gasteiger partial charge on any atom is -0.375 e. The lowest BCUT2D eigenvalue weighted by atomic mass is 9.76. The van der Waals surface area contributed by atoms with Crippen molar-refractivity contribution in [1.29, 1.82) is 0 Å². The van der Waals surface area contributed by atoms with E-state index in [9.17, 15) is 9.59 Å². The minimum absolute atomic E-state index is 0.0154. The summed E-state index contributed by atoms with van der Waals surface area (Å²) in [5.74, 6) is 0.559. The lowest BCUT2D eigenvalue weighted by Crippen LogP contribution is -2.61. The van der Waals surface area contributed by atoms with Crippen LogP contribution in [0.1, 0.15) is 32.6 Å². The first kappa shape index (κ1) is 16.2. The third-order valence-electron chi connectivity index (χ3n) is 4.65. The van der Waals surface area contributed by atoms with Crippen molar-refractivity contribution in [2.24, 2.45) is 11.7 Å². The van der Waals surface area contributed by atoms with Crippen LogP contribution in [0, 0.1) is 5.92 Å². The van der Waals surface area contributed by atoms with Gasteiger partial charge in [0.1, 0.15) is 6.61 Å². The zero-order chi connectivity index (χ0) is 15.5. The van der Waals surface area contributed by atoms with Gasteiger partial charge < -0.3 is 20.3 Å². The van der Waals surface area contributed by atoms with Crippen molar-refractivity contribution in [3.8, 4) is 0 Å². The Bertz CT molecular complexity index is 394. The van der Waals surface area contributed by atoms with Crippen LogP contribution in [0.2, 0.25) is 0 Å². The van der Waals surface area contributed by atoms with Crippen LogP contribution in [-0.2, 0) is 14.3 Å². The summed E-state index contributed by atoms with van der Waals surface area (Å²) in [6.07, 6.45) is 3.73. The highest BCUT2D eigenvalue weighted by atomic mass is 16.5. The van der Waals surface area contributed by atoms with E-state index in [2.05, 4.69) is 6.92 Å². The highest BCUT2D eigenvalue weighted by Gasteiger charge is 2.41. The Morgan fingerprint density at radius 1 is 1.24 bits per heavy atom. The monoisotopic (exact) mass is 297 g/mol. The molecule has 0 spiro atoms. The zero-order valence-corrected chi connectivity index (χ0v) is 13.1. The fourth-order valence-corrected chi connectivity index (χ4v) is 3.47. The Kier molecular flexibility index (Phi) is 5.22. The van der Waals surface area contributed by atoms with Crippen molar-refractivity contribution in [2.45, 2.75) is 38.1 Å². The molecule has 1 heterocycles. The van der Waals surface area contributed by atoms with Crippen molar-refractivity contribution >= 4 is 11.8 Å². The molecule has 1 saturated carbocycles. The Morgan fingerprint density at radius 2 is 1.86 bits per heavy atom. The van der Waals surface area contributed by atoms with E-state index in [0.717, 1.165) is 25.7 Å². The molecule has 2 unspecified atom stereocenters. The molecule has 2 rings (SSSR count). The molecule has 1 aliphatic heterocycles. The van der Waals surface area contributed by atoms with Crippen LogP contribution in [0.4, 0.5) is 0 Å². The topological polar surface area (TPSA) is 75.9 Å². The molecule has 120 valence electrons. The van der Waals surface area contributed by atoms with E-state index in [1.54, 1.807) is 4.90 Å². The number of rotatable bonds is 3. The number of nitrogens with two attached hydrogens (primary N) is 1. The number of carbonyl (C=O) groups is 2. The van der Waals surface area contributed by atoms with Crippen molar-refractivity contribution in [3.63, 3.8) is 0 Å². The molecular formula is C15H27N3O3. The summed E-state index contributed by atoms with van der Waals surface area (Å²) < 4.78 is 4.86. The predicted octanol–water partition coefficient (Wildman–Crippen LogP) is 0.211. The first-order valence-electron chi connectivity index (χ1n) is 7.81. The number of methoxy groups -OCH3 is 1. The van der Waals surface area contributed by atoms with Gasteiger partial charge in [-0.15, -0.1) is 0 Å². The summed E-state index contributed by atoms with van der Waals surface area (Å²) in [4.78, 5) is 28.0. The third-order valence-corrected chi connectivity index (χ3v) is 4.65. The van der Waals surface area contributed by atoms with Gasteiger partial charge in [0.15, 0.2) is 0 Å². The van der Waals surface area contributed by atoms with E-state index in [0.29, 0.717) is 32.1 Å². The van der Waals surface area contributed by atoms with Crippen molar-refractivity contribution in [3.05, 3.63) is 0 Å². The van der Waals surface area contributed by atoms with Crippen LogP contribution in [0.3, 0.4) is 0 Å². The standard InChI is InChI=1S/C15H27N3O3/c1-12-4-3-5-15(16,10-12)14(20)18-8-6-17(7-9-18)13(19)11-21-2/h12H,3-11,16H2,1-2H3. The Hall–Kier alpha value is -1.14. The summed E-state index contributed by atoms with van der Waals surface area (Å²) in [7, 11) is 1.51. The second-order valence-electron chi connectivity index (χ2n) is 6.46. The molecule has 1 aliphatic carbocycles. The summed E-state index contributed by atoms with van der Waals surface area (Å²) >= 11 is 0. The maximum absolute atomic E-state index is 12.7. The second-order valence-corrected chi connectivity index (χ2v) is 6.46. The van der Waals surface area contributed by atoms with Gasteiger partial charge in [0.2, 0.25) is 11.8 Å². The molecule has 2 atom stereocenters. The SMILES string of the molecule is COCC(=O)N1CCN(C(=O)C2(N)CCCC(C)C2)CC1. The van der Waals surface area contributed by atoms with Gasteiger partial charge in [-0.3, -0.25) is 9.59 Å². The van der Waals surface area contributed by atoms with Gasteiger partial charge in [0.05, 0.1) is 5.54 Å². The summed E-state index contributed by atoms with van der Waals surface area (Å²) in [5.41, 5.74) is 5.68. The van der Waals surface area contributed by atoms with Gasteiger partial charge >= 0.3 is 0 Å². The normalized spacial score (nSPS) is 30.3. The Labute approximate surface area is 126 Å². The summed E-state index contributed by atoms with van der Waals surface area (Å²) in [6.45, 7) is 4.55. The van der Waals surface area contributed by atoms with E-state index in [1.165, 1.54) is 7.11 Å². The van der Waals surface area contributed by atoms with Crippen LogP contribution in [0.25, 0.3) is 0 Å². The molecule has 0 aromatic carbocycles. The maximum atomic E-state index is 12.7. The van der Waals surface area contributed by atoms with E-state index in [-0.39, 0.29) is 18.4 Å². The number of carbonyl (C=O) groups excluding carboxylic acids is 2. The fraction of sp³-hybridized carbons (Fsp3) is 0.867. The van der Waals surface area contributed by atoms with E-state index in [4.69, 9.17) is 10.5 Å². The van der Waals surface area contributed by atoms with Gasteiger partial charge in [0, 0.05) is 33.3 Å². The van der Waals surface area contributed by atoms with Gasteiger partial charge in [-0.25, -0.2) is 0 Å². The lowest BCUT2D eigenvalue weighted by molar-refractivity contribution is -0.145. The van der Waals surface area contributed by atoms with Crippen LogP contribution in [0.5, 0.6) is 0 Å². The van der Waals surface area contributed by atoms with Crippen molar-refractivity contribution in [1.82, 2.24) is 9.80 Å². The minimum atomic E-state index is -0.698. The predicted molar refractivity (Wildman–Crippen MR) is 79.6 cm³/mol. The third kappa shape index (κ3) is 3.74. The van der Waals surface area contributed by atoms with E-state index >= 15 is 0 Å². The van der Waals surface area contributed by atoms with E-state index < -0.39 is 5.54 Å². The molecule has 21 heavy (non-hydrogen) atoms.